The van der Waals surface area contributed by atoms with E-state index in [2.05, 4.69) is 15.4 Å². The average Bonchev–Trinajstić information content (AvgIpc) is 2.76. The van der Waals surface area contributed by atoms with Crippen molar-refractivity contribution in [2.75, 3.05) is 19.0 Å². The van der Waals surface area contributed by atoms with Crippen LogP contribution in [0.1, 0.15) is 6.92 Å². The molecule has 0 fully saturated rings. The highest BCUT2D eigenvalue weighted by atomic mass is 19.4. The second-order valence-corrected chi connectivity index (χ2v) is 6.47. The number of ether oxygens (including phenoxy) is 2. The van der Waals surface area contributed by atoms with Gasteiger partial charge in [-0.15, -0.1) is 0 Å². The average molecular weight is 457 g/mol. The Kier molecular flexibility index (Phi) is 7.03. The molecule has 14 heteroatoms. The molecule has 172 valence electrons. The summed E-state index contributed by atoms with van der Waals surface area (Å²) < 4.78 is 85.9. The predicted octanol–water partition coefficient (Wildman–Crippen LogP) is 1.36. The molecule has 0 saturated carbocycles. The van der Waals surface area contributed by atoms with Crippen molar-refractivity contribution in [3.8, 4) is 5.75 Å². The van der Waals surface area contributed by atoms with Gasteiger partial charge >= 0.3 is 12.1 Å². The summed E-state index contributed by atoms with van der Waals surface area (Å²) in [5.41, 5.74) is -0.0241. The number of methoxy groups -OCH3 is 1. The molecule has 2 unspecified atom stereocenters. The van der Waals surface area contributed by atoms with Gasteiger partial charge < -0.3 is 25.4 Å². The van der Waals surface area contributed by atoms with Crippen LogP contribution in [0.3, 0.4) is 0 Å². The van der Waals surface area contributed by atoms with E-state index < -0.39 is 60.4 Å². The second kappa shape index (κ2) is 8.99. The fourth-order valence-corrected chi connectivity index (χ4v) is 2.53. The predicted molar refractivity (Wildman–Crippen MR) is 91.9 cm³/mol. The number of fused-ring (bicyclic) bond motifs is 1. The van der Waals surface area contributed by atoms with Crippen molar-refractivity contribution in [2.45, 2.75) is 37.3 Å². The van der Waals surface area contributed by atoms with Crippen LogP contribution in [0.15, 0.2) is 18.2 Å². The van der Waals surface area contributed by atoms with Gasteiger partial charge in [0.25, 0.3) is 17.7 Å². The van der Waals surface area contributed by atoms with Gasteiger partial charge in [-0.3, -0.25) is 14.4 Å². The monoisotopic (exact) mass is 457 g/mol. The Hall–Kier alpha value is -3.03. The molecule has 8 nitrogen and oxygen atoms in total. The van der Waals surface area contributed by atoms with Gasteiger partial charge in [0.2, 0.25) is 6.10 Å². The highest BCUT2D eigenvalue weighted by Crippen LogP contribution is 2.34. The van der Waals surface area contributed by atoms with Gasteiger partial charge in [-0.1, -0.05) is 0 Å². The van der Waals surface area contributed by atoms with Crippen molar-refractivity contribution in [3.63, 3.8) is 0 Å². The van der Waals surface area contributed by atoms with Crippen LogP contribution in [0.4, 0.5) is 32.0 Å². The third kappa shape index (κ3) is 5.57. The van der Waals surface area contributed by atoms with Crippen LogP contribution in [-0.4, -0.2) is 61.7 Å². The van der Waals surface area contributed by atoms with E-state index in [0.717, 1.165) is 19.2 Å². The maximum absolute atomic E-state index is 13.4. The number of hydrogen-bond acceptors (Lipinski definition) is 5. The van der Waals surface area contributed by atoms with Gasteiger partial charge in [0.05, 0.1) is 12.2 Å². The number of nitrogens with one attached hydrogen (secondary N) is 3. The van der Waals surface area contributed by atoms with Crippen LogP contribution in [0.25, 0.3) is 0 Å². The first-order valence-electron chi connectivity index (χ1n) is 8.59. The van der Waals surface area contributed by atoms with Crippen molar-refractivity contribution in [1.82, 2.24) is 10.6 Å². The Morgan fingerprint density at radius 1 is 1.23 bits per heavy atom. The van der Waals surface area contributed by atoms with Gasteiger partial charge in [-0.25, -0.2) is 4.39 Å². The third-order valence-electron chi connectivity index (χ3n) is 4.17. The maximum atomic E-state index is 13.4. The van der Waals surface area contributed by atoms with E-state index in [9.17, 15) is 40.7 Å². The summed E-state index contributed by atoms with van der Waals surface area (Å²) in [6, 6.07) is 1.83. The van der Waals surface area contributed by atoms with E-state index in [-0.39, 0.29) is 11.4 Å². The first kappa shape index (κ1) is 24.2. The van der Waals surface area contributed by atoms with E-state index in [1.165, 1.54) is 18.3 Å². The molecular weight excluding hydrogens is 440 g/mol. The smallest absolute Gasteiger partial charge is 0.455 e. The molecular formula is C17H17F6N3O5. The van der Waals surface area contributed by atoms with Gasteiger partial charge in [0.15, 0.2) is 0 Å². The van der Waals surface area contributed by atoms with Crippen molar-refractivity contribution in [3.05, 3.63) is 24.0 Å². The molecule has 0 bridgehead atoms. The van der Waals surface area contributed by atoms with E-state index in [1.54, 1.807) is 0 Å². The topological polar surface area (TPSA) is 106 Å². The first-order valence-corrected chi connectivity index (χ1v) is 8.59. The minimum absolute atomic E-state index is 0.0241. The highest BCUT2D eigenvalue weighted by molar-refractivity contribution is 6.06. The number of carbonyl (C=O) groups excluding carboxylic acids is 3. The largest absolute Gasteiger partial charge is 0.486 e. The van der Waals surface area contributed by atoms with Crippen LogP contribution in [-0.2, 0) is 19.1 Å². The summed E-state index contributed by atoms with van der Waals surface area (Å²) in [4.78, 5) is 36.6. The lowest BCUT2D eigenvalue weighted by atomic mass is 10.1. The molecule has 0 spiro atoms. The van der Waals surface area contributed by atoms with Gasteiger partial charge in [0, 0.05) is 13.2 Å². The van der Waals surface area contributed by atoms with Gasteiger partial charge in [-0.05, 0) is 19.1 Å². The molecule has 3 N–H and O–H groups in total. The van der Waals surface area contributed by atoms with E-state index >= 15 is 0 Å². The summed E-state index contributed by atoms with van der Waals surface area (Å²) in [5.74, 6) is -9.56. The number of halogens is 6. The van der Waals surface area contributed by atoms with Crippen molar-refractivity contribution in [2.24, 2.45) is 0 Å². The van der Waals surface area contributed by atoms with Crippen LogP contribution in [0, 0.1) is 5.82 Å². The van der Waals surface area contributed by atoms with Gasteiger partial charge in [-0.2, -0.15) is 22.0 Å². The van der Waals surface area contributed by atoms with Crippen molar-refractivity contribution >= 4 is 23.4 Å². The van der Waals surface area contributed by atoms with Crippen LogP contribution < -0.4 is 20.7 Å². The zero-order chi connectivity index (χ0) is 23.6. The number of alkyl halides is 5. The van der Waals surface area contributed by atoms with Crippen molar-refractivity contribution in [1.29, 1.82) is 0 Å². The minimum atomic E-state index is -5.91. The molecule has 0 aromatic heterocycles. The summed E-state index contributed by atoms with van der Waals surface area (Å²) in [7, 11) is 0.831. The Balaban J connectivity index is 2.08. The Labute approximate surface area is 171 Å². The Morgan fingerprint density at radius 2 is 1.87 bits per heavy atom. The summed E-state index contributed by atoms with van der Waals surface area (Å²) in [6.45, 7) is -0.748. The van der Waals surface area contributed by atoms with E-state index in [4.69, 9.17) is 4.74 Å². The number of benzene rings is 1. The number of hydrogen-bond donors (Lipinski definition) is 3. The molecule has 1 heterocycles. The summed E-state index contributed by atoms with van der Waals surface area (Å²) in [5, 5.41) is 5.70. The minimum Gasteiger partial charge on any atom is -0.486 e. The molecule has 1 aromatic rings. The zero-order valence-electron chi connectivity index (χ0n) is 16.0. The second-order valence-electron chi connectivity index (χ2n) is 6.47. The first-order chi connectivity index (χ1) is 14.3. The molecule has 3 amide bonds. The lowest BCUT2D eigenvalue weighted by Crippen LogP contribution is -2.57. The molecule has 0 saturated heterocycles. The molecule has 31 heavy (non-hydrogen) atoms. The zero-order valence-corrected chi connectivity index (χ0v) is 16.0. The van der Waals surface area contributed by atoms with Crippen molar-refractivity contribution < 1.29 is 50.2 Å². The molecule has 0 aliphatic carbocycles. The fraction of sp³-hybridized carbons (Fsp3) is 0.471. The molecule has 1 aromatic carbocycles. The summed E-state index contributed by atoms with van der Waals surface area (Å²) >= 11 is 0. The molecule has 2 rings (SSSR count). The van der Waals surface area contributed by atoms with Crippen LogP contribution >= 0.6 is 0 Å². The number of amides is 3. The molecule has 3 atom stereocenters. The molecule has 1 aliphatic rings. The quantitative estimate of drug-likeness (QED) is 0.442. The number of rotatable bonds is 6. The number of anilines is 1. The summed E-state index contributed by atoms with van der Waals surface area (Å²) in [6.07, 6.45) is -9.09. The number of carbonyl (C=O) groups is 3. The van der Waals surface area contributed by atoms with Gasteiger partial charge in [0.1, 0.15) is 23.7 Å². The standard InChI is InChI=1S/C17H17F6N3O5/c1-7-11(13(27)25-9-5-8(18)3-4-10(9)31-7)26-15(29)12(30-2)14(28)24-6-16(19,20)17(21,22)23/h3-5,7,11-12H,6H2,1-2H3,(H,24,28)(H,25,27)(H,26,29)/t7-,11?,12?/m1/s1. The van der Waals surface area contributed by atoms with E-state index in [1.807, 2.05) is 0 Å². The van der Waals surface area contributed by atoms with E-state index in [0.29, 0.717) is 0 Å². The fourth-order valence-electron chi connectivity index (χ4n) is 2.53. The Morgan fingerprint density at radius 3 is 2.45 bits per heavy atom. The van der Waals surface area contributed by atoms with Crippen LogP contribution in [0.2, 0.25) is 0 Å². The van der Waals surface area contributed by atoms with Crippen LogP contribution in [0.5, 0.6) is 5.75 Å². The lowest BCUT2D eigenvalue weighted by molar-refractivity contribution is -0.278. The molecule has 0 radical (unpaired) electrons. The third-order valence-corrected chi connectivity index (χ3v) is 4.17. The normalized spacial score (nSPS) is 19.9. The highest BCUT2D eigenvalue weighted by Gasteiger charge is 2.57. The Bertz CT molecular complexity index is 863. The lowest BCUT2D eigenvalue weighted by Gasteiger charge is -2.24. The SMILES string of the molecule is COC(C(=O)NCC(F)(F)C(F)(F)F)C(=O)NC1C(=O)Nc2cc(F)ccc2O[C@@H]1C. The molecule has 1 aliphatic heterocycles. The maximum Gasteiger partial charge on any atom is 0.455 e.